The molecule has 1 unspecified atom stereocenters. The highest BCUT2D eigenvalue weighted by molar-refractivity contribution is 5.82. The van der Waals surface area contributed by atoms with E-state index >= 15 is 0 Å². The Balaban J connectivity index is 1.69. The summed E-state index contributed by atoms with van der Waals surface area (Å²) in [5.41, 5.74) is 0.686. The molecule has 2 saturated heterocycles. The van der Waals surface area contributed by atoms with E-state index in [0.717, 1.165) is 12.8 Å². The van der Waals surface area contributed by atoms with Crippen molar-refractivity contribution in [2.45, 2.75) is 95.6 Å². The molecule has 5 atom stereocenters. The number of rotatable bonds is 15. The molecule has 2 fully saturated rings. The van der Waals surface area contributed by atoms with Gasteiger partial charge in [0.15, 0.2) is 12.1 Å². The number of aliphatic hydroxyl groups excluding tert-OH is 1. The SMILES string of the molecule is C=C[C@H]1OCC[C@@H](CCOCCCCC(=O)O[C@@H](CO)CC2C/C(=C\C(=O)OC)C[C@](O)(C(C)C)O2)O1. The molecule has 0 saturated carbocycles. The Labute approximate surface area is 219 Å². The van der Waals surface area contributed by atoms with Crippen LogP contribution in [0.1, 0.15) is 65.2 Å². The lowest BCUT2D eigenvalue weighted by Gasteiger charge is -2.41. The molecule has 0 radical (unpaired) electrons. The minimum Gasteiger partial charge on any atom is -0.466 e. The van der Waals surface area contributed by atoms with Gasteiger partial charge in [-0.3, -0.25) is 4.79 Å². The number of carbonyl (C=O) groups excluding carboxylic acids is 2. The van der Waals surface area contributed by atoms with Gasteiger partial charge in [0.2, 0.25) is 0 Å². The molecule has 2 rings (SSSR count). The molecule has 0 aliphatic carbocycles. The molecule has 0 aromatic heterocycles. The van der Waals surface area contributed by atoms with E-state index in [4.69, 9.17) is 28.4 Å². The average Bonchev–Trinajstić information content (AvgIpc) is 2.87. The van der Waals surface area contributed by atoms with Crippen LogP contribution in [0.2, 0.25) is 0 Å². The quantitative estimate of drug-likeness (QED) is 0.142. The number of esters is 2. The van der Waals surface area contributed by atoms with E-state index in [-0.39, 0.29) is 44.2 Å². The fraction of sp³-hybridized carbons (Fsp3) is 0.778. The smallest absolute Gasteiger partial charge is 0.330 e. The fourth-order valence-corrected chi connectivity index (χ4v) is 4.31. The molecule has 0 bridgehead atoms. The maximum absolute atomic E-state index is 12.3. The maximum atomic E-state index is 12.3. The summed E-state index contributed by atoms with van der Waals surface area (Å²) >= 11 is 0. The third-order valence-electron chi connectivity index (χ3n) is 6.54. The van der Waals surface area contributed by atoms with Crippen LogP contribution < -0.4 is 0 Å². The summed E-state index contributed by atoms with van der Waals surface area (Å²) in [6.45, 7) is 8.70. The minimum absolute atomic E-state index is 0.0962. The Morgan fingerprint density at radius 1 is 1.24 bits per heavy atom. The first-order chi connectivity index (χ1) is 17.7. The molecule has 2 N–H and O–H groups in total. The van der Waals surface area contributed by atoms with E-state index in [0.29, 0.717) is 44.7 Å². The molecule has 10 nitrogen and oxygen atoms in total. The topological polar surface area (TPSA) is 130 Å². The Kier molecular flexibility index (Phi) is 13.8. The average molecular weight is 529 g/mol. The second kappa shape index (κ2) is 16.2. The number of methoxy groups -OCH3 is 1. The Morgan fingerprint density at radius 2 is 2.03 bits per heavy atom. The van der Waals surface area contributed by atoms with E-state index in [2.05, 4.69) is 6.58 Å². The first-order valence-electron chi connectivity index (χ1n) is 13.1. The normalized spacial score (nSPS) is 28.2. The molecule has 2 aliphatic heterocycles. The van der Waals surface area contributed by atoms with Crippen molar-refractivity contribution in [2.24, 2.45) is 5.92 Å². The number of aliphatic hydroxyl groups is 2. The Morgan fingerprint density at radius 3 is 2.70 bits per heavy atom. The van der Waals surface area contributed by atoms with Gasteiger partial charge >= 0.3 is 11.9 Å². The predicted molar refractivity (Wildman–Crippen MR) is 134 cm³/mol. The highest BCUT2D eigenvalue weighted by atomic mass is 16.7. The highest BCUT2D eigenvalue weighted by Crippen LogP contribution is 2.37. The molecular weight excluding hydrogens is 484 g/mol. The molecular formula is C27H44O10. The van der Waals surface area contributed by atoms with Crippen molar-refractivity contribution < 1.29 is 48.2 Å². The Hall–Kier alpha value is -1.82. The van der Waals surface area contributed by atoms with Crippen molar-refractivity contribution >= 4 is 11.9 Å². The van der Waals surface area contributed by atoms with Gasteiger partial charge in [-0.1, -0.05) is 26.0 Å². The van der Waals surface area contributed by atoms with Gasteiger partial charge < -0.3 is 38.6 Å². The summed E-state index contributed by atoms with van der Waals surface area (Å²) in [6, 6.07) is 0. The van der Waals surface area contributed by atoms with Crippen LogP contribution in [0.5, 0.6) is 0 Å². The molecule has 10 heteroatoms. The summed E-state index contributed by atoms with van der Waals surface area (Å²) in [6.07, 6.45) is 5.30. The van der Waals surface area contributed by atoms with Crippen molar-refractivity contribution in [3.63, 3.8) is 0 Å². The summed E-state index contributed by atoms with van der Waals surface area (Å²) in [5.74, 6) is -2.61. The summed E-state index contributed by atoms with van der Waals surface area (Å²) < 4.78 is 32.8. The van der Waals surface area contributed by atoms with Crippen molar-refractivity contribution in [3.8, 4) is 0 Å². The number of unbranched alkanes of at least 4 members (excludes halogenated alkanes) is 1. The molecule has 2 aliphatic rings. The van der Waals surface area contributed by atoms with Crippen LogP contribution in [-0.4, -0.2) is 86.1 Å². The van der Waals surface area contributed by atoms with Gasteiger partial charge in [-0.05, 0) is 38.2 Å². The van der Waals surface area contributed by atoms with Crippen LogP contribution in [0.15, 0.2) is 24.3 Å². The largest absolute Gasteiger partial charge is 0.466 e. The van der Waals surface area contributed by atoms with Gasteiger partial charge in [-0.2, -0.15) is 0 Å². The van der Waals surface area contributed by atoms with E-state index in [1.807, 2.05) is 13.8 Å². The lowest BCUT2D eigenvalue weighted by molar-refractivity contribution is -0.269. The van der Waals surface area contributed by atoms with Crippen LogP contribution in [0.25, 0.3) is 0 Å². The van der Waals surface area contributed by atoms with Gasteiger partial charge in [0.1, 0.15) is 6.10 Å². The van der Waals surface area contributed by atoms with Crippen molar-refractivity contribution in [1.29, 1.82) is 0 Å². The Bertz CT molecular complexity index is 751. The van der Waals surface area contributed by atoms with Crippen molar-refractivity contribution in [1.82, 2.24) is 0 Å². The van der Waals surface area contributed by atoms with E-state index in [1.54, 1.807) is 6.08 Å². The van der Waals surface area contributed by atoms with Crippen LogP contribution in [0, 0.1) is 5.92 Å². The highest BCUT2D eigenvalue weighted by Gasteiger charge is 2.41. The second-order valence-corrected chi connectivity index (χ2v) is 9.86. The van der Waals surface area contributed by atoms with Crippen molar-refractivity contribution in [3.05, 3.63) is 24.3 Å². The monoisotopic (exact) mass is 528 g/mol. The standard InChI is InChI=1S/C27H44O10/c1-5-26-34-13-10-21(36-26)9-12-33-11-7-6-8-24(29)35-23(18-28)16-22-14-20(15-25(30)32-4)17-27(31,37-22)19(2)3/h5,15,19,21-23,26,28,31H,1,6-14,16-18H2,2-4H3/b20-15+/t21-,22?,23-,26+,27-/m1/s1. The lowest BCUT2D eigenvalue weighted by atomic mass is 9.87. The second-order valence-electron chi connectivity index (χ2n) is 9.86. The van der Waals surface area contributed by atoms with Crippen molar-refractivity contribution in [2.75, 3.05) is 33.5 Å². The lowest BCUT2D eigenvalue weighted by Crippen LogP contribution is -2.47. The third kappa shape index (κ3) is 11.2. The summed E-state index contributed by atoms with van der Waals surface area (Å²) in [4.78, 5) is 24.0. The summed E-state index contributed by atoms with van der Waals surface area (Å²) in [7, 11) is 1.29. The number of hydrogen-bond acceptors (Lipinski definition) is 10. The van der Waals surface area contributed by atoms with E-state index in [9.17, 15) is 19.8 Å². The number of hydrogen-bond donors (Lipinski definition) is 2. The maximum Gasteiger partial charge on any atom is 0.330 e. The van der Waals surface area contributed by atoms with Gasteiger partial charge in [-0.15, -0.1) is 0 Å². The molecule has 0 spiro atoms. The van der Waals surface area contributed by atoms with E-state index < -0.39 is 29.9 Å². The predicted octanol–water partition coefficient (Wildman–Crippen LogP) is 2.80. The molecule has 0 amide bonds. The zero-order valence-corrected chi connectivity index (χ0v) is 22.4. The van der Waals surface area contributed by atoms with Gasteiger partial charge in [-0.25, -0.2) is 4.79 Å². The zero-order valence-electron chi connectivity index (χ0n) is 22.4. The molecule has 212 valence electrons. The fourth-order valence-electron chi connectivity index (χ4n) is 4.31. The third-order valence-corrected chi connectivity index (χ3v) is 6.54. The van der Waals surface area contributed by atoms with Crippen LogP contribution in [0.3, 0.4) is 0 Å². The summed E-state index contributed by atoms with van der Waals surface area (Å²) in [5, 5.41) is 20.7. The van der Waals surface area contributed by atoms with Crippen LogP contribution >= 0.6 is 0 Å². The first-order valence-corrected chi connectivity index (χ1v) is 13.1. The minimum atomic E-state index is -1.46. The molecule has 37 heavy (non-hydrogen) atoms. The molecule has 2 heterocycles. The molecule has 0 aromatic rings. The van der Waals surface area contributed by atoms with Crippen LogP contribution in [-0.2, 0) is 38.0 Å². The van der Waals surface area contributed by atoms with E-state index in [1.165, 1.54) is 13.2 Å². The molecule has 0 aromatic carbocycles. The number of ether oxygens (including phenoxy) is 6. The van der Waals surface area contributed by atoms with Crippen LogP contribution in [0.4, 0.5) is 0 Å². The number of carbonyl (C=O) groups is 2. The first kappa shape index (κ1) is 31.4. The van der Waals surface area contributed by atoms with Gasteiger partial charge in [0.05, 0.1) is 32.5 Å². The zero-order chi connectivity index (χ0) is 27.3. The van der Waals surface area contributed by atoms with Gasteiger partial charge in [0, 0.05) is 44.5 Å². The van der Waals surface area contributed by atoms with Gasteiger partial charge in [0.25, 0.3) is 0 Å².